The molecule has 1 rings (SSSR count). The van der Waals surface area contributed by atoms with Gasteiger partial charge in [0.2, 0.25) is 0 Å². The highest BCUT2D eigenvalue weighted by Crippen LogP contribution is 2.14. The number of rotatable bonds is 6. The minimum absolute atomic E-state index is 0.205. The summed E-state index contributed by atoms with van der Waals surface area (Å²) >= 11 is 0. The van der Waals surface area contributed by atoms with Crippen molar-refractivity contribution in [2.24, 2.45) is 0 Å². The molecule has 19 heavy (non-hydrogen) atoms. The summed E-state index contributed by atoms with van der Waals surface area (Å²) in [6.07, 6.45) is 0. The van der Waals surface area contributed by atoms with Crippen LogP contribution in [0, 0.1) is 11.6 Å². The second-order valence-electron chi connectivity index (χ2n) is 3.53. The van der Waals surface area contributed by atoms with Crippen LogP contribution in [0.2, 0.25) is 0 Å². The largest absolute Gasteiger partial charge is 0.484 e. The van der Waals surface area contributed by atoms with Crippen molar-refractivity contribution in [3.05, 3.63) is 29.8 Å². The normalized spacial score (nSPS) is 11.7. The van der Waals surface area contributed by atoms with Crippen molar-refractivity contribution in [3.63, 3.8) is 0 Å². The van der Waals surface area contributed by atoms with E-state index in [-0.39, 0.29) is 5.75 Å². The fourth-order valence-corrected chi connectivity index (χ4v) is 1.18. The summed E-state index contributed by atoms with van der Waals surface area (Å²) in [6, 6.07) is 0.924. The van der Waals surface area contributed by atoms with Crippen molar-refractivity contribution in [1.82, 2.24) is 5.32 Å². The molecule has 0 aromatic heterocycles. The molecular weight excluding hydrogens is 264 g/mol. The average Bonchev–Trinajstić information content (AvgIpc) is 2.32. The van der Waals surface area contributed by atoms with Gasteiger partial charge in [-0.15, -0.1) is 0 Å². The number of halogens is 2. The molecular formula is C11H11F2NO5. The topological polar surface area (TPSA) is 95.9 Å². The molecule has 1 aromatic rings. The van der Waals surface area contributed by atoms with Gasteiger partial charge in [0.25, 0.3) is 5.91 Å². The molecule has 3 N–H and O–H groups in total. The second-order valence-corrected chi connectivity index (χ2v) is 3.53. The molecule has 6 nitrogen and oxygen atoms in total. The molecule has 1 atom stereocenters. The molecule has 0 bridgehead atoms. The van der Waals surface area contributed by atoms with Crippen LogP contribution < -0.4 is 10.1 Å². The highest BCUT2D eigenvalue weighted by atomic mass is 19.1. The van der Waals surface area contributed by atoms with Gasteiger partial charge in [-0.05, 0) is 0 Å². The number of benzene rings is 1. The summed E-state index contributed by atoms with van der Waals surface area (Å²) in [5.74, 6) is -4.19. The number of carboxylic acids is 1. The second kappa shape index (κ2) is 6.64. The highest BCUT2D eigenvalue weighted by molar-refractivity contribution is 5.84. The zero-order valence-electron chi connectivity index (χ0n) is 9.60. The van der Waals surface area contributed by atoms with Crippen LogP contribution in [-0.2, 0) is 9.59 Å². The number of carboxylic acid groups (broad SMARTS) is 1. The van der Waals surface area contributed by atoms with Crippen molar-refractivity contribution in [2.45, 2.75) is 6.04 Å². The zero-order chi connectivity index (χ0) is 14.4. The maximum absolute atomic E-state index is 12.8. The molecule has 0 aliphatic carbocycles. The van der Waals surface area contributed by atoms with Crippen molar-refractivity contribution in [3.8, 4) is 5.75 Å². The van der Waals surface area contributed by atoms with E-state index < -0.39 is 42.8 Å². The van der Waals surface area contributed by atoms with E-state index in [1.165, 1.54) is 0 Å². The van der Waals surface area contributed by atoms with E-state index in [0.717, 1.165) is 12.1 Å². The van der Waals surface area contributed by atoms with Crippen LogP contribution in [0.25, 0.3) is 0 Å². The molecule has 0 saturated heterocycles. The maximum Gasteiger partial charge on any atom is 0.328 e. The van der Waals surface area contributed by atoms with Crippen LogP contribution in [0.4, 0.5) is 8.78 Å². The molecule has 1 amide bonds. The summed E-state index contributed by atoms with van der Waals surface area (Å²) in [5.41, 5.74) is 0. The van der Waals surface area contributed by atoms with E-state index in [2.05, 4.69) is 0 Å². The van der Waals surface area contributed by atoms with Crippen LogP contribution in [0.3, 0.4) is 0 Å². The van der Waals surface area contributed by atoms with E-state index in [1.807, 2.05) is 5.32 Å². The third-order valence-corrected chi connectivity index (χ3v) is 2.02. The van der Waals surface area contributed by atoms with Gasteiger partial charge in [0.15, 0.2) is 6.61 Å². The molecule has 1 aromatic carbocycles. The van der Waals surface area contributed by atoms with E-state index in [9.17, 15) is 18.4 Å². The van der Waals surface area contributed by atoms with Gasteiger partial charge in [-0.1, -0.05) is 0 Å². The lowest BCUT2D eigenvalue weighted by molar-refractivity contribution is -0.143. The SMILES string of the molecule is O=C(COc1cc(F)cc(F)c1)NC(CO)C(=O)O. The Bertz CT molecular complexity index is 460. The first kappa shape index (κ1) is 14.8. The Labute approximate surface area is 106 Å². The van der Waals surface area contributed by atoms with E-state index in [0.29, 0.717) is 6.07 Å². The van der Waals surface area contributed by atoms with Gasteiger partial charge in [0.05, 0.1) is 6.61 Å². The first-order valence-electron chi connectivity index (χ1n) is 5.14. The van der Waals surface area contributed by atoms with Gasteiger partial charge in [0.1, 0.15) is 23.4 Å². The Morgan fingerprint density at radius 1 is 1.26 bits per heavy atom. The lowest BCUT2D eigenvalue weighted by atomic mass is 10.3. The van der Waals surface area contributed by atoms with Crippen LogP contribution in [0.15, 0.2) is 18.2 Å². The van der Waals surface area contributed by atoms with Gasteiger partial charge < -0.3 is 20.3 Å². The fraction of sp³-hybridized carbons (Fsp3) is 0.273. The molecule has 0 aliphatic heterocycles. The van der Waals surface area contributed by atoms with Crippen LogP contribution in [0.1, 0.15) is 0 Å². The van der Waals surface area contributed by atoms with Crippen molar-refractivity contribution in [2.75, 3.05) is 13.2 Å². The van der Waals surface area contributed by atoms with Gasteiger partial charge in [-0.25, -0.2) is 13.6 Å². The Balaban J connectivity index is 2.52. The molecule has 0 radical (unpaired) electrons. The Kier molecular flexibility index (Phi) is 5.19. The number of amides is 1. The minimum atomic E-state index is -1.46. The molecule has 8 heteroatoms. The fourth-order valence-electron chi connectivity index (χ4n) is 1.18. The van der Waals surface area contributed by atoms with Gasteiger partial charge in [-0.2, -0.15) is 0 Å². The molecule has 0 spiro atoms. The quantitative estimate of drug-likeness (QED) is 0.674. The predicted octanol–water partition coefficient (Wildman–Crippen LogP) is -0.0947. The number of nitrogens with one attached hydrogen (secondary N) is 1. The standard InChI is InChI=1S/C11H11F2NO5/c12-6-1-7(13)3-8(2-6)19-5-10(16)14-9(4-15)11(17)18/h1-3,9,15H,4-5H2,(H,14,16)(H,17,18). The number of aliphatic hydroxyl groups is 1. The monoisotopic (exact) mass is 275 g/mol. The molecule has 0 heterocycles. The summed E-state index contributed by atoms with van der Waals surface area (Å²) in [7, 11) is 0. The number of carbonyl (C=O) groups excluding carboxylic acids is 1. The van der Waals surface area contributed by atoms with Crippen LogP contribution >= 0.6 is 0 Å². The molecule has 0 fully saturated rings. The van der Waals surface area contributed by atoms with Gasteiger partial charge >= 0.3 is 5.97 Å². The highest BCUT2D eigenvalue weighted by Gasteiger charge is 2.18. The smallest absolute Gasteiger partial charge is 0.328 e. The van der Waals surface area contributed by atoms with E-state index in [1.54, 1.807) is 0 Å². The summed E-state index contributed by atoms with van der Waals surface area (Å²) in [4.78, 5) is 21.8. The number of aliphatic hydroxyl groups excluding tert-OH is 1. The molecule has 0 saturated carbocycles. The Morgan fingerprint density at radius 2 is 1.84 bits per heavy atom. The van der Waals surface area contributed by atoms with Crippen molar-refractivity contribution < 1.29 is 33.3 Å². The molecule has 0 aliphatic rings. The van der Waals surface area contributed by atoms with Crippen molar-refractivity contribution >= 4 is 11.9 Å². The van der Waals surface area contributed by atoms with Crippen molar-refractivity contribution in [1.29, 1.82) is 0 Å². The first-order chi connectivity index (χ1) is 8.92. The zero-order valence-corrected chi connectivity index (χ0v) is 9.60. The van der Waals surface area contributed by atoms with E-state index >= 15 is 0 Å². The predicted molar refractivity (Wildman–Crippen MR) is 58.5 cm³/mol. The first-order valence-corrected chi connectivity index (χ1v) is 5.14. The van der Waals surface area contributed by atoms with E-state index in [4.69, 9.17) is 14.9 Å². The Hall–Kier alpha value is -2.22. The Morgan fingerprint density at radius 3 is 2.32 bits per heavy atom. The third kappa shape index (κ3) is 4.88. The van der Waals surface area contributed by atoms with Gasteiger partial charge in [-0.3, -0.25) is 4.79 Å². The lowest BCUT2D eigenvalue weighted by Crippen LogP contribution is -2.45. The number of hydrogen-bond acceptors (Lipinski definition) is 4. The third-order valence-electron chi connectivity index (χ3n) is 2.02. The number of carbonyl (C=O) groups is 2. The average molecular weight is 275 g/mol. The molecule has 104 valence electrons. The maximum atomic E-state index is 12.8. The minimum Gasteiger partial charge on any atom is -0.484 e. The number of hydrogen-bond donors (Lipinski definition) is 3. The lowest BCUT2D eigenvalue weighted by Gasteiger charge is -2.12. The van der Waals surface area contributed by atoms with Gasteiger partial charge in [0, 0.05) is 18.2 Å². The summed E-state index contributed by atoms with van der Waals surface area (Å²) in [5, 5.41) is 19.2. The summed E-state index contributed by atoms with van der Waals surface area (Å²) in [6.45, 7) is -1.41. The molecule has 1 unspecified atom stereocenters. The number of aliphatic carboxylic acids is 1. The number of ether oxygens (including phenoxy) is 1. The van der Waals surface area contributed by atoms with Crippen LogP contribution in [-0.4, -0.2) is 41.3 Å². The summed E-state index contributed by atoms with van der Waals surface area (Å²) < 4.78 is 30.4. The van der Waals surface area contributed by atoms with Crippen LogP contribution in [0.5, 0.6) is 5.75 Å².